The fraction of sp³-hybridized carbons (Fsp3) is 0.348. The molecule has 30 heavy (non-hydrogen) atoms. The molecule has 2 aromatic rings. The van der Waals surface area contributed by atoms with Crippen LogP contribution in [0, 0.1) is 0 Å². The normalized spacial score (nSPS) is 10.9. The van der Waals surface area contributed by atoms with E-state index in [1.807, 2.05) is 56.6 Å². The number of rotatable bonds is 11. The number of hydrogen-bond acceptors (Lipinski definition) is 4. The van der Waals surface area contributed by atoms with Crippen LogP contribution in [-0.2, 0) is 13.1 Å². The Morgan fingerprint density at radius 1 is 1.07 bits per heavy atom. The summed E-state index contributed by atoms with van der Waals surface area (Å²) in [5.41, 5.74) is 2.19. The smallest absolute Gasteiger partial charge is 0.191 e. The van der Waals surface area contributed by atoms with Crippen molar-refractivity contribution in [2.24, 2.45) is 4.99 Å². The molecule has 0 radical (unpaired) electrons. The summed E-state index contributed by atoms with van der Waals surface area (Å²) < 4.78 is 11.5. The summed E-state index contributed by atoms with van der Waals surface area (Å²) in [7, 11) is 5.83. The van der Waals surface area contributed by atoms with Crippen molar-refractivity contribution < 1.29 is 9.47 Å². The van der Waals surface area contributed by atoms with Gasteiger partial charge in [0.1, 0.15) is 24.7 Å². The first-order chi connectivity index (χ1) is 14.1. The minimum atomic E-state index is 0. The molecule has 2 rings (SSSR count). The Morgan fingerprint density at radius 2 is 1.83 bits per heavy atom. The maximum atomic E-state index is 5.81. The van der Waals surface area contributed by atoms with Gasteiger partial charge < -0.3 is 25.0 Å². The number of halogens is 1. The quantitative estimate of drug-likeness (QED) is 0.203. The molecule has 6 nitrogen and oxygen atoms in total. The van der Waals surface area contributed by atoms with Crippen LogP contribution < -0.4 is 20.1 Å². The van der Waals surface area contributed by atoms with Crippen molar-refractivity contribution in [1.29, 1.82) is 0 Å². The Kier molecular flexibility index (Phi) is 12.6. The molecular formula is C23H33IN4O2. The van der Waals surface area contributed by atoms with E-state index in [2.05, 4.69) is 33.2 Å². The SMILES string of the molecule is C=CCOc1ccccc1CNC(=NC)NCc1cccc(OCCN(C)C)c1.I. The summed E-state index contributed by atoms with van der Waals surface area (Å²) in [6.45, 7) is 7.00. The predicted molar refractivity (Wildman–Crippen MR) is 135 cm³/mol. The van der Waals surface area contributed by atoms with E-state index in [0.29, 0.717) is 26.3 Å². The van der Waals surface area contributed by atoms with E-state index >= 15 is 0 Å². The van der Waals surface area contributed by atoms with Gasteiger partial charge in [0.2, 0.25) is 0 Å². The highest BCUT2D eigenvalue weighted by molar-refractivity contribution is 14.0. The van der Waals surface area contributed by atoms with Crippen LogP contribution in [0.3, 0.4) is 0 Å². The average Bonchev–Trinajstić information content (AvgIpc) is 2.73. The van der Waals surface area contributed by atoms with E-state index in [-0.39, 0.29) is 24.0 Å². The fourth-order valence-corrected chi connectivity index (χ4v) is 2.62. The van der Waals surface area contributed by atoms with E-state index in [1.165, 1.54) is 0 Å². The molecule has 0 bridgehead atoms. The van der Waals surface area contributed by atoms with Crippen molar-refractivity contribution in [2.45, 2.75) is 13.1 Å². The molecule has 0 amide bonds. The largest absolute Gasteiger partial charge is 0.492 e. The lowest BCUT2D eigenvalue weighted by Gasteiger charge is -2.15. The van der Waals surface area contributed by atoms with Gasteiger partial charge in [-0.25, -0.2) is 0 Å². The molecule has 0 aromatic heterocycles. The summed E-state index contributed by atoms with van der Waals surface area (Å²) >= 11 is 0. The molecule has 7 heteroatoms. The molecule has 0 atom stereocenters. The van der Waals surface area contributed by atoms with Gasteiger partial charge in [-0.1, -0.05) is 43.0 Å². The number of guanidine groups is 1. The molecule has 0 aliphatic carbocycles. The highest BCUT2D eigenvalue weighted by Gasteiger charge is 2.05. The van der Waals surface area contributed by atoms with E-state index < -0.39 is 0 Å². The van der Waals surface area contributed by atoms with E-state index in [9.17, 15) is 0 Å². The summed E-state index contributed by atoms with van der Waals surface area (Å²) in [6, 6.07) is 16.0. The van der Waals surface area contributed by atoms with Crippen molar-refractivity contribution in [3.63, 3.8) is 0 Å². The third-order valence-electron chi connectivity index (χ3n) is 4.16. The van der Waals surface area contributed by atoms with Gasteiger partial charge in [0.05, 0.1) is 0 Å². The van der Waals surface area contributed by atoms with Crippen molar-refractivity contribution in [2.75, 3.05) is 40.9 Å². The van der Waals surface area contributed by atoms with Crippen LogP contribution in [0.4, 0.5) is 0 Å². The summed E-state index contributed by atoms with van der Waals surface area (Å²) in [5, 5.41) is 6.67. The number of likely N-dealkylation sites (N-methyl/N-ethyl adjacent to an activating group) is 1. The second-order valence-electron chi connectivity index (χ2n) is 6.79. The first-order valence-electron chi connectivity index (χ1n) is 9.75. The van der Waals surface area contributed by atoms with Gasteiger partial charge >= 0.3 is 0 Å². The zero-order valence-electron chi connectivity index (χ0n) is 18.1. The Labute approximate surface area is 197 Å². The predicted octanol–water partition coefficient (Wildman–Crippen LogP) is 3.68. The first-order valence-corrected chi connectivity index (χ1v) is 9.75. The van der Waals surface area contributed by atoms with Gasteiger partial charge in [-0.2, -0.15) is 0 Å². The van der Waals surface area contributed by atoms with Crippen molar-refractivity contribution in [3.8, 4) is 11.5 Å². The van der Waals surface area contributed by atoms with Crippen molar-refractivity contribution in [3.05, 3.63) is 72.3 Å². The second kappa shape index (κ2) is 14.7. The molecule has 0 saturated heterocycles. The zero-order valence-corrected chi connectivity index (χ0v) is 20.4. The number of nitrogens with zero attached hydrogens (tertiary/aromatic N) is 2. The second-order valence-corrected chi connectivity index (χ2v) is 6.79. The molecule has 2 N–H and O–H groups in total. The zero-order chi connectivity index (χ0) is 20.9. The Morgan fingerprint density at radius 3 is 2.57 bits per heavy atom. The molecule has 0 aliphatic rings. The van der Waals surface area contributed by atoms with Gasteiger partial charge in [0.15, 0.2) is 5.96 Å². The van der Waals surface area contributed by atoms with Crippen LogP contribution in [0.1, 0.15) is 11.1 Å². The van der Waals surface area contributed by atoms with Crippen LogP contribution in [0.15, 0.2) is 66.2 Å². The van der Waals surface area contributed by atoms with Crippen LogP contribution in [-0.4, -0.2) is 51.8 Å². The number of aliphatic imine (C=N–C) groups is 1. The Bertz CT molecular complexity index is 796. The topological polar surface area (TPSA) is 58.1 Å². The van der Waals surface area contributed by atoms with Gasteiger partial charge in [0, 0.05) is 32.2 Å². The fourth-order valence-electron chi connectivity index (χ4n) is 2.62. The summed E-state index contributed by atoms with van der Waals surface area (Å²) in [5.74, 6) is 2.45. The van der Waals surface area contributed by atoms with Gasteiger partial charge in [-0.15, -0.1) is 24.0 Å². The lowest BCUT2D eigenvalue weighted by molar-refractivity contribution is 0.261. The molecule has 164 valence electrons. The summed E-state index contributed by atoms with van der Waals surface area (Å²) in [4.78, 5) is 6.40. The Hall–Kier alpha value is -2.26. The standard InChI is InChI=1S/C23H32N4O2.HI/c1-5-14-29-22-12-7-6-10-20(22)18-26-23(24-2)25-17-19-9-8-11-21(16-19)28-15-13-27(3)4;/h5-12,16H,1,13-15,17-18H2,2-4H3,(H2,24,25,26);1H. The van der Waals surface area contributed by atoms with Gasteiger partial charge in [-0.05, 0) is 37.9 Å². The van der Waals surface area contributed by atoms with E-state index in [4.69, 9.17) is 9.47 Å². The molecule has 2 aromatic carbocycles. The molecule has 0 unspecified atom stereocenters. The maximum absolute atomic E-state index is 5.81. The Balaban J connectivity index is 0.00000450. The summed E-state index contributed by atoms with van der Waals surface area (Å²) in [6.07, 6.45) is 1.74. The number of hydrogen-bond donors (Lipinski definition) is 2. The minimum absolute atomic E-state index is 0. The van der Waals surface area contributed by atoms with Crippen LogP contribution in [0.2, 0.25) is 0 Å². The molecular weight excluding hydrogens is 491 g/mol. The van der Waals surface area contributed by atoms with Crippen LogP contribution >= 0.6 is 24.0 Å². The number of benzene rings is 2. The van der Waals surface area contributed by atoms with Crippen LogP contribution in [0.25, 0.3) is 0 Å². The lowest BCUT2D eigenvalue weighted by Crippen LogP contribution is -2.36. The highest BCUT2D eigenvalue weighted by Crippen LogP contribution is 2.17. The molecule has 0 fully saturated rings. The first kappa shape index (κ1) is 25.8. The average molecular weight is 524 g/mol. The number of nitrogens with one attached hydrogen (secondary N) is 2. The number of ether oxygens (including phenoxy) is 2. The minimum Gasteiger partial charge on any atom is -0.492 e. The molecule has 0 saturated carbocycles. The van der Waals surface area contributed by atoms with Crippen molar-refractivity contribution >= 4 is 29.9 Å². The third-order valence-corrected chi connectivity index (χ3v) is 4.16. The molecule has 0 heterocycles. The monoisotopic (exact) mass is 524 g/mol. The van der Waals surface area contributed by atoms with Gasteiger partial charge in [-0.3, -0.25) is 4.99 Å². The van der Waals surface area contributed by atoms with E-state index in [0.717, 1.165) is 35.1 Å². The van der Waals surface area contributed by atoms with Crippen molar-refractivity contribution in [1.82, 2.24) is 15.5 Å². The molecule has 0 aliphatic heterocycles. The lowest BCUT2D eigenvalue weighted by atomic mass is 10.2. The van der Waals surface area contributed by atoms with Gasteiger partial charge in [0.25, 0.3) is 0 Å². The number of para-hydroxylation sites is 1. The molecule has 0 spiro atoms. The highest BCUT2D eigenvalue weighted by atomic mass is 127. The van der Waals surface area contributed by atoms with Crippen LogP contribution in [0.5, 0.6) is 11.5 Å². The third kappa shape index (κ3) is 9.49. The van der Waals surface area contributed by atoms with E-state index in [1.54, 1.807) is 13.1 Å². The maximum Gasteiger partial charge on any atom is 0.191 e.